The summed E-state index contributed by atoms with van der Waals surface area (Å²) in [7, 11) is 1.78. The van der Waals surface area contributed by atoms with Gasteiger partial charge in [-0.25, -0.2) is 0 Å². The van der Waals surface area contributed by atoms with Crippen LogP contribution in [0.2, 0.25) is 0 Å². The van der Waals surface area contributed by atoms with Gasteiger partial charge in [0.2, 0.25) is 0 Å². The van der Waals surface area contributed by atoms with E-state index >= 15 is 0 Å². The first-order valence-corrected chi connectivity index (χ1v) is 8.26. The summed E-state index contributed by atoms with van der Waals surface area (Å²) in [6.45, 7) is 7.01. The highest BCUT2D eigenvalue weighted by molar-refractivity contribution is 4.82. The molecule has 0 aromatic rings. The van der Waals surface area contributed by atoms with Crippen molar-refractivity contribution in [3.05, 3.63) is 0 Å². The van der Waals surface area contributed by atoms with Gasteiger partial charge in [-0.15, -0.1) is 0 Å². The number of methoxy groups -OCH3 is 1. The molecular formula is C16H32N2O. The van der Waals surface area contributed by atoms with Gasteiger partial charge in [-0.1, -0.05) is 12.8 Å². The van der Waals surface area contributed by atoms with E-state index in [0.29, 0.717) is 6.04 Å². The van der Waals surface area contributed by atoms with Crippen LogP contribution in [0.4, 0.5) is 0 Å². The fourth-order valence-electron chi connectivity index (χ4n) is 3.56. The Morgan fingerprint density at radius 2 is 1.84 bits per heavy atom. The van der Waals surface area contributed by atoms with Crippen molar-refractivity contribution in [2.45, 2.75) is 64.0 Å². The van der Waals surface area contributed by atoms with Crippen LogP contribution in [0.1, 0.15) is 51.9 Å². The normalized spacial score (nSPS) is 24.9. The van der Waals surface area contributed by atoms with E-state index in [4.69, 9.17) is 4.74 Å². The van der Waals surface area contributed by atoms with Crippen molar-refractivity contribution < 1.29 is 4.74 Å². The molecule has 0 amide bonds. The van der Waals surface area contributed by atoms with E-state index in [1.165, 1.54) is 58.2 Å². The summed E-state index contributed by atoms with van der Waals surface area (Å²) in [5.74, 6) is 0.891. The molecule has 112 valence electrons. The molecule has 0 radical (unpaired) electrons. The summed E-state index contributed by atoms with van der Waals surface area (Å²) in [6.07, 6.45) is 9.73. The molecule has 1 N–H and O–H groups in total. The average molecular weight is 268 g/mol. The molecule has 1 atom stereocenters. The summed E-state index contributed by atoms with van der Waals surface area (Å²) in [5, 5.41) is 3.67. The molecule has 0 aromatic carbocycles. The van der Waals surface area contributed by atoms with E-state index in [-0.39, 0.29) is 0 Å². The molecule has 1 saturated carbocycles. The van der Waals surface area contributed by atoms with Crippen LogP contribution in [0.25, 0.3) is 0 Å². The Balaban J connectivity index is 1.58. The standard InChI is InChI=1S/C16H32N2O/c1-14(9-12-19-2)17-13-15-7-10-18(11-8-15)16-5-3-4-6-16/h14-17H,3-13H2,1-2H3/t14-/m1/s1. The molecule has 0 aromatic heterocycles. The largest absolute Gasteiger partial charge is 0.385 e. The van der Waals surface area contributed by atoms with Crippen molar-refractivity contribution in [3.63, 3.8) is 0 Å². The first kappa shape index (κ1) is 15.3. The highest BCUT2D eigenvalue weighted by Crippen LogP contribution is 2.27. The number of likely N-dealkylation sites (tertiary alicyclic amines) is 1. The third kappa shape index (κ3) is 5.05. The van der Waals surface area contributed by atoms with Crippen LogP contribution in [0.5, 0.6) is 0 Å². The number of hydrogen-bond acceptors (Lipinski definition) is 3. The molecule has 0 unspecified atom stereocenters. The third-order valence-electron chi connectivity index (χ3n) is 5.00. The molecule has 19 heavy (non-hydrogen) atoms. The van der Waals surface area contributed by atoms with Crippen molar-refractivity contribution in [2.24, 2.45) is 5.92 Å². The number of piperidine rings is 1. The second-order valence-corrected chi connectivity index (χ2v) is 6.51. The summed E-state index contributed by atoms with van der Waals surface area (Å²) in [4.78, 5) is 2.76. The lowest BCUT2D eigenvalue weighted by Gasteiger charge is -2.36. The monoisotopic (exact) mass is 268 g/mol. The minimum Gasteiger partial charge on any atom is -0.385 e. The fourth-order valence-corrected chi connectivity index (χ4v) is 3.56. The van der Waals surface area contributed by atoms with E-state index in [0.717, 1.165) is 25.0 Å². The van der Waals surface area contributed by atoms with Crippen LogP contribution < -0.4 is 5.32 Å². The van der Waals surface area contributed by atoms with Crippen LogP contribution in [-0.4, -0.2) is 50.3 Å². The molecule has 1 aliphatic heterocycles. The fraction of sp³-hybridized carbons (Fsp3) is 1.00. The maximum atomic E-state index is 5.13. The summed E-state index contributed by atoms with van der Waals surface area (Å²) >= 11 is 0. The van der Waals surface area contributed by atoms with Gasteiger partial charge >= 0.3 is 0 Å². The lowest BCUT2D eigenvalue weighted by atomic mass is 9.95. The molecule has 1 heterocycles. The van der Waals surface area contributed by atoms with Crippen LogP contribution in [-0.2, 0) is 4.74 Å². The second kappa shape index (κ2) is 8.23. The van der Waals surface area contributed by atoms with Gasteiger partial charge in [0.05, 0.1) is 0 Å². The Labute approximate surface area is 119 Å². The lowest BCUT2D eigenvalue weighted by Crippen LogP contribution is -2.43. The Kier molecular flexibility index (Phi) is 6.62. The summed E-state index contributed by atoms with van der Waals surface area (Å²) < 4.78 is 5.13. The van der Waals surface area contributed by atoms with Gasteiger partial charge in [0.1, 0.15) is 0 Å². The van der Waals surface area contributed by atoms with E-state index in [2.05, 4.69) is 17.1 Å². The van der Waals surface area contributed by atoms with E-state index in [1.54, 1.807) is 7.11 Å². The van der Waals surface area contributed by atoms with E-state index in [1.807, 2.05) is 0 Å². The minimum absolute atomic E-state index is 0.591. The van der Waals surface area contributed by atoms with Gasteiger partial charge in [0.15, 0.2) is 0 Å². The lowest BCUT2D eigenvalue weighted by molar-refractivity contribution is 0.130. The molecule has 3 heteroatoms. The van der Waals surface area contributed by atoms with Gasteiger partial charge in [-0.3, -0.25) is 0 Å². The Morgan fingerprint density at radius 3 is 2.47 bits per heavy atom. The Hall–Kier alpha value is -0.120. The quantitative estimate of drug-likeness (QED) is 0.768. The summed E-state index contributed by atoms with van der Waals surface area (Å²) in [5.41, 5.74) is 0. The number of rotatable bonds is 7. The number of nitrogens with zero attached hydrogens (tertiary/aromatic N) is 1. The number of nitrogens with one attached hydrogen (secondary N) is 1. The molecule has 2 aliphatic rings. The Bertz CT molecular complexity index is 233. The zero-order valence-corrected chi connectivity index (χ0v) is 12.9. The Morgan fingerprint density at radius 1 is 1.16 bits per heavy atom. The topological polar surface area (TPSA) is 24.5 Å². The molecular weight excluding hydrogens is 236 g/mol. The van der Waals surface area contributed by atoms with Crippen molar-refractivity contribution in [1.29, 1.82) is 0 Å². The zero-order valence-electron chi connectivity index (χ0n) is 12.9. The molecule has 2 rings (SSSR count). The molecule has 2 fully saturated rings. The SMILES string of the molecule is COCC[C@@H](C)NCC1CCN(C2CCCC2)CC1. The smallest absolute Gasteiger partial charge is 0.0476 e. The maximum absolute atomic E-state index is 5.13. The summed E-state index contributed by atoms with van der Waals surface area (Å²) in [6, 6.07) is 1.52. The van der Waals surface area contributed by atoms with Gasteiger partial charge in [0.25, 0.3) is 0 Å². The second-order valence-electron chi connectivity index (χ2n) is 6.51. The highest BCUT2D eigenvalue weighted by Gasteiger charge is 2.26. The highest BCUT2D eigenvalue weighted by atomic mass is 16.5. The molecule has 3 nitrogen and oxygen atoms in total. The third-order valence-corrected chi connectivity index (χ3v) is 5.00. The average Bonchev–Trinajstić information content (AvgIpc) is 2.97. The number of ether oxygens (including phenoxy) is 1. The molecule has 1 saturated heterocycles. The van der Waals surface area contributed by atoms with Crippen LogP contribution in [0, 0.1) is 5.92 Å². The molecule has 0 spiro atoms. The van der Waals surface area contributed by atoms with Crippen LogP contribution >= 0.6 is 0 Å². The van der Waals surface area contributed by atoms with E-state index in [9.17, 15) is 0 Å². The van der Waals surface area contributed by atoms with Crippen molar-refractivity contribution in [2.75, 3.05) is 33.4 Å². The zero-order chi connectivity index (χ0) is 13.5. The first-order chi connectivity index (χ1) is 9.29. The predicted octanol–water partition coefficient (Wildman–Crippen LogP) is 2.66. The van der Waals surface area contributed by atoms with E-state index < -0.39 is 0 Å². The minimum atomic E-state index is 0.591. The van der Waals surface area contributed by atoms with Crippen LogP contribution in [0.3, 0.4) is 0 Å². The molecule has 1 aliphatic carbocycles. The first-order valence-electron chi connectivity index (χ1n) is 8.26. The maximum Gasteiger partial charge on any atom is 0.0476 e. The predicted molar refractivity (Wildman–Crippen MR) is 80.5 cm³/mol. The van der Waals surface area contributed by atoms with Crippen molar-refractivity contribution >= 4 is 0 Å². The van der Waals surface area contributed by atoms with Gasteiger partial charge < -0.3 is 15.0 Å². The van der Waals surface area contributed by atoms with Gasteiger partial charge in [-0.2, -0.15) is 0 Å². The van der Waals surface area contributed by atoms with Gasteiger partial charge in [-0.05, 0) is 64.6 Å². The molecule has 0 bridgehead atoms. The van der Waals surface area contributed by atoms with Crippen LogP contribution in [0.15, 0.2) is 0 Å². The van der Waals surface area contributed by atoms with Crippen molar-refractivity contribution in [1.82, 2.24) is 10.2 Å². The number of hydrogen-bond donors (Lipinski definition) is 1. The van der Waals surface area contributed by atoms with Gasteiger partial charge in [0, 0.05) is 25.8 Å². The van der Waals surface area contributed by atoms with Crippen molar-refractivity contribution in [3.8, 4) is 0 Å².